The van der Waals surface area contributed by atoms with Crippen LogP contribution >= 0.6 is 0 Å². The zero-order chi connectivity index (χ0) is 29.9. The molecule has 0 radical (unpaired) electrons. The van der Waals surface area contributed by atoms with Gasteiger partial charge in [0.1, 0.15) is 40.5 Å². The van der Waals surface area contributed by atoms with Gasteiger partial charge in [-0.15, -0.1) is 0 Å². The van der Waals surface area contributed by atoms with Crippen molar-refractivity contribution in [1.82, 2.24) is 20.1 Å². The maximum absolute atomic E-state index is 13.8. The number of methoxy groups -OCH3 is 1. The molecule has 0 saturated heterocycles. The molecule has 222 valence electrons. The molecule has 3 heterocycles. The summed E-state index contributed by atoms with van der Waals surface area (Å²) in [6, 6.07) is 12.0. The van der Waals surface area contributed by atoms with Gasteiger partial charge < -0.3 is 20.5 Å². The number of halogens is 1. The monoisotopic (exact) mass is 583 g/mol. The summed E-state index contributed by atoms with van der Waals surface area (Å²) >= 11 is 0. The smallest absolute Gasteiger partial charge is 0.251 e. The van der Waals surface area contributed by atoms with E-state index in [0.717, 1.165) is 48.7 Å². The first-order chi connectivity index (χ1) is 20.7. The third-order valence-electron chi connectivity index (χ3n) is 9.33. The number of ether oxygens (including phenoxy) is 2. The van der Waals surface area contributed by atoms with Crippen molar-refractivity contribution in [2.24, 2.45) is 11.7 Å². The minimum Gasteiger partial charge on any atom is -0.494 e. The SMILES string of the molecule is COc1cc(C(=O)NC[C@H](c2cc3c(c(-c4ccc(F)cc4)n2)OC[C@]3(C)C(N)=O)C2CCC2)cc2cn(C3CC3)nc12. The molecular formula is C33H34FN5O4. The Labute approximate surface area is 248 Å². The second-order valence-corrected chi connectivity index (χ2v) is 12.2. The quantitative estimate of drug-likeness (QED) is 0.285. The summed E-state index contributed by atoms with van der Waals surface area (Å²) in [5.74, 6) is 0.188. The molecule has 9 nitrogen and oxygen atoms in total. The van der Waals surface area contributed by atoms with Crippen LogP contribution < -0.4 is 20.5 Å². The number of carbonyl (C=O) groups is 2. The van der Waals surface area contributed by atoms with Crippen molar-refractivity contribution < 1.29 is 23.5 Å². The Kier molecular flexibility index (Phi) is 6.59. The molecule has 0 spiro atoms. The molecule has 2 aliphatic carbocycles. The Morgan fingerprint density at radius 3 is 2.60 bits per heavy atom. The molecule has 2 fully saturated rings. The molecule has 10 heteroatoms. The van der Waals surface area contributed by atoms with Crippen LogP contribution in [0.5, 0.6) is 11.5 Å². The highest BCUT2D eigenvalue weighted by atomic mass is 19.1. The predicted octanol–water partition coefficient (Wildman–Crippen LogP) is 5.03. The maximum Gasteiger partial charge on any atom is 0.251 e. The van der Waals surface area contributed by atoms with E-state index in [1.165, 1.54) is 12.1 Å². The summed E-state index contributed by atoms with van der Waals surface area (Å²) < 4.78 is 27.4. The van der Waals surface area contributed by atoms with Gasteiger partial charge in [0.2, 0.25) is 5.91 Å². The lowest BCUT2D eigenvalue weighted by Gasteiger charge is -2.34. The van der Waals surface area contributed by atoms with Crippen LogP contribution in [0.4, 0.5) is 4.39 Å². The number of fused-ring (bicyclic) bond motifs is 2. The molecule has 7 rings (SSSR count). The van der Waals surface area contributed by atoms with Gasteiger partial charge in [-0.25, -0.2) is 9.37 Å². The number of primary amides is 1. The van der Waals surface area contributed by atoms with E-state index in [1.54, 1.807) is 32.2 Å². The van der Waals surface area contributed by atoms with Gasteiger partial charge in [-0.1, -0.05) is 6.42 Å². The summed E-state index contributed by atoms with van der Waals surface area (Å²) in [7, 11) is 1.58. The number of hydrogen-bond acceptors (Lipinski definition) is 6. The van der Waals surface area contributed by atoms with E-state index in [1.807, 2.05) is 23.0 Å². The second-order valence-electron chi connectivity index (χ2n) is 12.2. The van der Waals surface area contributed by atoms with E-state index in [-0.39, 0.29) is 24.2 Å². The summed E-state index contributed by atoms with van der Waals surface area (Å²) in [5.41, 5.74) is 8.70. The topological polar surface area (TPSA) is 121 Å². The molecule has 2 aromatic heterocycles. The lowest BCUT2D eigenvalue weighted by atomic mass is 9.73. The van der Waals surface area contributed by atoms with Gasteiger partial charge in [0.15, 0.2) is 0 Å². The first-order valence-electron chi connectivity index (χ1n) is 14.8. The molecule has 43 heavy (non-hydrogen) atoms. The number of amides is 2. The molecule has 0 bridgehead atoms. The summed E-state index contributed by atoms with van der Waals surface area (Å²) in [4.78, 5) is 31.2. The maximum atomic E-state index is 13.8. The van der Waals surface area contributed by atoms with E-state index in [0.29, 0.717) is 52.4 Å². The highest BCUT2D eigenvalue weighted by molar-refractivity contribution is 6.00. The average molecular weight is 584 g/mol. The largest absolute Gasteiger partial charge is 0.494 e. The van der Waals surface area contributed by atoms with E-state index in [2.05, 4.69) is 10.4 Å². The number of hydrogen-bond donors (Lipinski definition) is 2. The van der Waals surface area contributed by atoms with E-state index >= 15 is 0 Å². The molecule has 2 aromatic carbocycles. The highest BCUT2D eigenvalue weighted by Gasteiger charge is 2.44. The van der Waals surface area contributed by atoms with Crippen molar-refractivity contribution in [2.75, 3.05) is 20.3 Å². The van der Waals surface area contributed by atoms with Crippen LogP contribution in [-0.2, 0) is 10.2 Å². The predicted molar refractivity (Wildman–Crippen MR) is 159 cm³/mol. The summed E-state index contributed by atoms with van der Waals surface area (Å²) in [5, 5.41) is 8.69. The van der Waals surface area contributed by atoms with Crippen LogP contribution in [0.25, 0.3) is 22.2 Å². The molecular weight excluding hydrogens is 549 g/mol. The van der Waals surface area contributed by atoms with Gasteiger partial charge in [0, 0.05) is 46.4 Å². The average Bonchev–Trinajstić information content (AvgIpc) is 3.65. The van der Waals surface area contributed by atoms with Gasteiger partial charge in [-0.05, 0) is 81.0 Å². The number of nitrogens with one attached hydrogen (secondary N) is 1. The van der Waals surface area contributed by atoms with E-state index < -0.39 is 11.3 Å². The number of nitrogens with two attached hydrogens (primary N) is 1. The molecule has 2 amide bonds. The third-order valence-corrected chi connectivity index (χ3v) is 9.33. The molecule has 1 aliphatic heterocycles. The third kappa shape index (κ3) is 4.78. The zero-order valence-corrected chi connectivity index (χ0v) is 24.2. The minimum atomic E-state index is -1.04. The van der Waals surface area contributed by atoms with Gasteiger partial charge >= 0.3 is 0 Å². The number of benzene rings is 2. The Balaban J connectivity index is 1.23. The summed E-state index contributed by atoms with van der Waals surface area (Å²) in [6.45, 7) is 2.23. The van der Waals surface area contributed by atoms with Crippen LogP contribution in [0.3, 0.4) is 0 Å². The fourth-order valence-corrected chi connectivity index (χ4v) is 6.19. The van der Waals surface area contributed by atoms with Crippen molar-refractivity contribution in [3.05, 3.63) is 71.3 Å². The molecule has 3 aliphatic rings. The van der Waals surface area contributed by atoms with Crippen molar-refractivity contribution >= 4 is 22.7 Å². The standard InChI is InChI=1S/C33H34FN5O4/c1-33(32(35)41)17-43-30-25(33)14-26(37-29(30)19-6-8-22(34)9-7-19)24(18-4-3-5-18)15-36-31(40)20-12-21-16-39(23-10-11-23)38-28(21)27(13-20)42-2/h6-9,12-14,16,18,23-24H,3-5,10-11,15,17H2,1-2H3,(H2,35,41)(H,36,40)/t24-,33-/m0/s1. The van der Waals surface area contributed by atoms with Gasteiger partial charge in [0.05, 0.1) is 13.2 Å². The Morgan fingerprint density at radius 1 is 1.19 bits per heavy atom. The van der Waals surface area contributed by atoms with Crippen LogP contribution in [0.1, 0.15) is 72.6 Å². The van der Waals surface area contributed by atoms with Crippen molar-refractivity contribution in [1.29, 1.82) is 0 Å². The zero-order valence-electron chi connectivity index (χ0n) is 24.2. The Morgan fingerprint density at radius 2 is 1.95 bits per heavy atom. The molecule has 4 aromatic rings. The fourth-order valence-electron chi connectivity index (χ4n) is 6.19. The lowest BCUT2D eigenvalue weighted by Crippen LogP contribution is -2.40. The van der Waals surface area contributed by atoms with Crippen LogP contribution in [0.15, 0.2) is 48.7 Å². The highest BCUT2D eigenvalue weighted by Crippen LogP contribution is 2.47. The van der Waals surface area contributed by atoms with E-state index in [4.69, 9.17) is 20.2 Å². The first-order valence-corrected chi connectivity index (χ1v) is 14.8. The van der Waals surface area contributed by atoms with Gasteiger partial charge in [-0.2, -0.15) is 5.10 Å². The van der Waals surface area contributed by atoms with Crippen LogP contribution in [-0.4, -0.2) is 46.8 Å². The molecule has 2 saturated carbocycles. The molecule has 2 atom stereocenters. The van der Waals surface area contributed by atoms with Gasteiger partial charge in [-0.3, -0.25) is 14.3 Å². The van der Waals surface area contributed by atoms with Crippen molar-refractivity contribution in [2.45, 2.75) is 56.4 Å². The minimum absolute atomic E-state index is 0.101. The number of nitrogens with zero attached hydrogens (tertiary/aromatic N) is 3. The molecule has 3 N–H and O–H groups in total. The normalized spacial score (nSPS) is 20.3. The Bertz CT molecular complexity index is 1740. The Hall–Kier alpha value is -4.47. The van der Waals surface area contributed by atoms with Crippen LogP contribution in [0, 0.1) is 11.7 Å². The van der Waals surface area contributed by atoms with Crippen molar-refractivity contribution in [3.8, 4) is 22.8 Å². The lowest BCUT2D eigenvalue weighted by molar-refractivity contribution is -0.123. The van der Waals surface area contributed by atoms with Gasteiger partial charge in [0.25, 0.3) is 5.91 Å². The second kappa shape index (κ2) is 10.4. The first kappa shape index (κ1) is 27.4. The number of rotatable bonds is 9. The van der Waals surface area contributed by atoms with E-state index in [9.17, 15) is 14.0 Å². The fraction of sp³-hybridized carbons (Fsp3) is 0.394. The number of carbonyl (C=O) groups excluding carboxylic acids is 2. The number of pyridine rings is 1. The van der Waals surface area contributed by atoms with Crippen molar-refractivity contribution in [3.63, 3.8) is 0 Å². The molecule has 0 unspecified atom stereocenters. The summed E-state index contributed by atoms with van der Waals surface area (Å²) in [6.07, 6.45) is 7.31. The number of aromatic nitrogens is 3. The van der Waals surface area contributed by atoms with Crippen LogP contribution in [0.2, 0.25) is 0 Å².